The highest BCUT2D eigenvalue weighted by molar-refractivity contribution is 6.17. The molecule has 8 aliphatic carbocycles. The average molecular weight is 1790 g/mol. The molecule has 16 aromatic heterocycles. The van der Waals surface area contributed by atoms with Crippen LogP contribution in [0.5, 0.6) is 0 Å². The van der Waals surface area contributed by atoms with Gasteiger partial charge in [0, 0.05) is 94.3 Å². The molecule has 16 heteroatoms. The van der Waals surface area contributed by atoms with Crippen LogP contribution >= 0.6 is 0 Å². The number of hydrogen-bond acceptors (Lipinski definition) is 12. The fraction of sp³-hybridized carbons (Fsp3) is 0.0645. The highest BCUT2D eigenvalue weighted by atomic mass is 15.1. The normalized spacial score (nSPS) is 13.5. The van der Waals surface area contributed by atoms with Crippen molar-refractivity contribution in [2.45, 2.75) is 51.4 Å². The summed E-state index contributed by atoms with van der Waals surface area (Å²) in [5.41, 5.74) is 66.7. The smallest absolute Gasteiger partial charge is 0.165 e. The lowest BCUT2D eigenvalue weighted by molar-refractivity contribution is 1.23. The van der Waals surface area contributed by atoms with Crippen LogP contribution < -0.4 is 0 Å². The first-order valence-electron chi connectivity index (χ1n) is 48.2. The molecular weight excluding hydrogens is 1710 g/mol. The summed E-state index contributed by atoms with van der Waals surface area (Å²) in [5, 5.41) is 6.32. The van der Waals surface area contributed by atoms with Crippen molar-refractivity contribution in [2.24, 2.45) is 0 Å². The highest BCUT2D eigenvalue weighted by Crippen LogP contribution is 2.53. The molecule has 0 N–H and O–H groups in total. The molecule has 0 saturated heterocycles. The zero-order valence-electron chi connectivity index (χ0n) is 75.1. The molecule has 0 unspecified atom stereocenters. The molecule has 140 heavy (non-hydrogen) atoms. The predicted molar refractivity (Wildman–Crippen MR) is 559 cm³/mol. The standard InChI is InChI=1S/4C31H18N4/c1-2-6-21-17(5-1)11-18-14-24-19(13-23(18)21)12-20-15-28-26(16-25(20)24)34-31-22-7-3-9-32-29(22)30-27(35(28)31)8-4-10-33-30;1-2-6-21-17(5-1)11-18-14-24-19(13-23(18)21)12-20-15-28-26(16-25(20)24)34-31-30-22(7-3-9-33-30)29-27(35(28)31)8-4-10-32-29;1-2-5-21-17(4-1)10-18-13-24-19(12-23(18)21)11-20-14-29-27(15-25(20)24)34-31-22-7-9-32-16-26(22)30-28(35(29)31)6-3-8-33-30;1-2-5-21-17(4-1)10-18-13-24-19(12-23(18)21)11-20-14-29-27(15-25(20)24)34-31-26-16-32-9-7-22(26)30-28(35(29)31)6-3-8-33-30/h2*1-10,13-16H,11-12H2;2*1-9,12-16H,10-11H2. The highest BCUT2D eigenvalue weighted by Gasteiger charge is 2.34. The van der Waals surface area contributed by atoms with Gasteiger partial charge in [0.05, 0.1) is 82.8 Å². The van der Waals surface area contributed by atoms with Crippen molar-refractivity contribution in [2.75, 3.05) is 0 Å². The van der Waals surface area contributed by atoms with Crippen molar-refractivity contribution < 1.29 is 0 Å². The Labute approximate surface area is 796 Å². The van der Waals surface area contributed by atoms with Gasteiger partial charge in [-0.15, -0.1) is 0 Å². The summed E-state index contributed by atoms with van der Waals surface area (Å²) in [6, 6.07) is 102. The number of imidazole rings is 4. The quantitative estimate of drug-likeness (QED) is 0.132. The zero-order valence-corrected chi connectivity index (χ0v) is 75.1. The van der Waals surface area contributed by atoms with Gasteiger partial charge in [-0.25, -0.2) is 19.9 Å². The summed E-state index contributed by atoms with van der Waals surface area (Å²) in [7, 11) is 0. The second-order valence-electron chi connectivity index (χ2n) is 38.9. The fourth-order valence-corrected chi connectivity index (χ4v) is 25.5. The molecule has 8 aliphatic rings. The Morgan fingerprint density at radius 2 is 0.421 bits per heavy atom. The van der Waals surface area contributed by atoms with E-state index in [-0.39, 0.29) is 0 Å². The molecule has 0 bridgehead atoms. The fourth-order valence-electron chi connectivity index (χ4n) is 25.5. The van der Waals surface area contributed by atoms with Gasteiger partial charge in [-0.1, -0.05) is 97.1 Å². The molecule has 0 spiro atoms. The molecule has 28 aromatic rings. The van der Waals surface area contributed by atoms with Crippen LogP contribution in [-0.4, -0.2) is 77.4 Å². The van der Waals surface area contributed by atoms with Gasteiger partial charge in [-0.05, 0) is 411 Å². The van der Waals surface area contributed by atoms with Gasteiger partial charge in [0.25, 0.3) is 0 Å². The first-order chi connectivity index (χ1) is 69.3. The molecule has 16 nitrogen and oxygen atoms in total. The van der Waals surface area contributed by atoms with Gasteiger partial charge in [0.15, 0.2) is 5.65 Å². The molecule has 0 saturated carbocycles. The predicted octanol–water partition coefficient (Wildman–Crippen LogP) is 26.9. The van der Waals surface area contributed by atoms with Crippen molar-refractivity contribution in [3.63, 3.8) is 0 Å². The summed E-state index contributed by atoms with van der Waals surface area (Å²) >= 11 is 0. The van der Waals surface area contributed by atoms with Crippen molar-refractivity contribution in [1.82, 2.24) is 77.4 Å². The van der Waals surface area contributed by atoms with E-state index >= 15 is 0 Å². The Morgan fingerprint density at radius 1 is 0.157 bits per heavy atom. The van der Waals surface area contributed by atoms with E-state index in [9.17, 15) is 0 Å². The van der Waals surface area contributed by atoms with E-state index in [1.54, 1.807) is 0 Å². The third kappa shape index (κ3) is 10.5. The number of rotatable bonds is 0. The molecule has 12 aromatic carbocycles. The van der Waals surface area contributed by atoms with Crippen molar-refractivity contribution in [3.8, 4) is 89.0 Å². The third-order valence-corrected chi connectivity index (χ3v) is 31.6. The molecule has 0 atom stereocenters. The maximum Gasteiger partial charge on any atom is 0.165 e. The topological polar surface area (TPSA) is 172 Å². The molecule has 36 rings (SSSR count). The summed E-state index contributed by atoms with van der Waals surface area (Å²) in [5.74, 6) is 0. The lowest BCUT2D eigenvalue weighted by Crippen LogP contribution is -1.94. The molecule has 0 amide bonds. The van der Waals surface area contributed by atoms with E-state index in [1.807, 2.05) is 104 Å². The summed E-state index contributed by atoms with van der Waals surface area (Å²) in [6.07, 6.45) is 26.4. The van der Waals surface area contributed by atoms with E-state index in [1.165, 1.54) is 178 Å². The summed E-state index contributed by atoms with van der Waals surface area (Å²) in [4.78, 5) is 57.5. The Bertz CT molecular complexity index is 9460. The number of aromatic nitrogens is 16. The largest absolute Gasteiger partial charge is 0.290 e. The number of benzene rings is 12. The molecule has 0 aliphatic heterocycles. The third-order valence-electron chi connectivity index (χ3n) is 31.6. The van der Waals surface area contributed by atoms with E-state index in [0.29, 0.717) is 0 Å². The van der Waals surface area contributed by atoms with Gasteiger partial charge >= 0.3 is 0 Å². The first kappa shape index (κ1) is 75.1. The molecular formula is C124H72N16. The van der Waals surface area contributed by atoms with Crippen LogP contribution in [0.25, 0.3) is 243 Å². The summed E-state index contributed by atoms with van der Waals surface area (Å²) in [6.45, 7) is 0. The minimum atomic E-state index is 0.893. The Morgan fingerprint density at radius 3 is 0.821 bits per heavy atom. The zero-order chi connectivity index (χ0) is 90.7. The van der Waals surface area contributed by atoms with Gasteiger partial charge in [-0.3, -0.25) is 57.5 Å². The molecule has 0 radical (unpaired) electrons. The number of hydrogen-bond donors (Lipinski definition) is 0. The lowest BCUT2D eigenvalue weighted by Gasteiger charge is -2.08. The lowest BCUT2D eigenvalue weighted by atomic mass is 9.98. The molecule has 0 fully saturated rings. The monoisotopic (exact) mass is 1780 g/mol. The van der Waals surface area contributed by atoms with Crippen molar-refractivity contribution >= 4 is 154 Å². The van der Waals surface area contributed by atoms with Crippen LogP contribution in [0.15, 0.2) is 341 Å². The maximum atomic E-state index is 5.16. The minimum absolute atomic E-state index is 0.893. The first-order valence-corrected chi connectivity index (χ1v) is 48.2. The molecule has 16 heterocycles. The van der Waals surface area contributed by atoms with Gasteiger partial charge in [0.2, 0.25) is 0 Å². The SMILES string of the molecule is c1ccc2c(c1)Cc1cc3c(cc1-2)Cc1cc2c(cc1-3)nc1c3cccnc3c3ncccc3n21.c1ccc2c(c1)Cc1cc3c(cc1-2)Cc1cc2c(cc1-3)nc1c3ccncc3c3ncccc3n21.c1ccc2c(c1)Cc1cc3c(cc1-2)Cc1cc2c(cc1-3)nc1c3cnccc3c3ncccc3n21.c1ccc2c(c1)Cc1cc3c(cc1-2)Cc1cc2c(cc1-3)nc1c3ncccc3c3ncccc3n21. The van der Waals surface area contributed by atoms with Crippen LogP contribution in [-0.2, 0) is 51.4 Å². The van der Waals surface area contributed by atoms with Crippen LogP contribution in [0.4, 0.5) is 0 Å². The van der Waals surface area contributed by atoms with E-state index in [4.69, 9.17) is 44.9 Å². The second-order valence-corrected chi connectivity index (χ2v) is 38.9. The van der Waals surface area contributed by atoms with Crippen LogP contribution in [0.3, 0.4) is 0 Å². The Balaban J connectivity index is 0.0000000829. The minimum Gasteiger partial charge on any atom is -0.290 e. The van der Waals surface area contributed by atoms with E-state index in [0.717, 1.165) is 206 Å². The Kier molecular flexibility index (Phi) is 14.9. The van der Waals surface area contributed by atoms with Crippen LogP contribution in [0.2, 0.25) is 0 Å². The molecule has 648 valence electrons. The van der Waals surface area contributed by atoms with Crippen molar-refractivity contribution in [3.05, 3.63) is 430 Å². The van der Waals surface area contributed by atoms with E-state index < -0.39 is 0 Å². The Hall–Kier alpha value is -18.3. The summed E-state index contributed by atoms with van der Waals surface area (Å²) < 4.78 is 9.05. The van der Waals surface area contributed by atoms with Crippen LogP contribution in [0, 0.1) is 0 Å². The van der Waals surface area contributed by atoms with E-state index in [2.05, 4.69) is 269 Å². The average Bonchev–Trinajstić information content (AvgIpc) is 1.56. The van der Waals surface area contributed by atoms with Gasteiger partial charge in [-0.2, -0.15) is 0 Å². The number of fused-ring (bicyclic) bond motifs is 56. The number of pyridine rings is 12. The maximum absolute atomic E-state index is 5.16. The second kappa shape index (κ2) is 27.7. The van der Waals surface area contributed by atoms with Gasteiger partial charge in [0.1, 0.15) is 33.5 Å². The van der Waals surface area contributed by atoms with Gasteiger partial charge < -0.3 is 0 Å². The van der Waals surface area contributed by atoms with Crippen LogP contribution in [0.1, 0.15) is 89.0 Å². The van der Waals surface area contributed by atoms with Crippen molar-refractivity contribution in [1.29, 1.82) is 0 Å². The number of nitrogens with zero attached hydrogens (tertiary/aromatic N) is 16.